The van der Waals surface area contributed by atoms with Crippen molar-refractivity contribution in [2.45, 2.75) is 23.4 Å². The molecule has 2 rings (SSSR count). The zero-order valence-electron chi connectivity index (χ0n) is 11.7. The molecule has 3 amide bonds. The normalized spacial score (nSPS) is 12.9. The van der Waals surface area contributed by atoms with E-state index in [4.69, 9.17) is 5.73 Å². The van der Waals surface area contributed by atoms with E-state index in [0.717, 1.165) is 11.8 Å². The van der Waals surface area contributed by atoms with E-state index < -0.39 is 29.2 Å². The van der Waals surface area contributed by atoms with E-state index in [9.17, 15) is 22.8 Å². The van der Waals surface area contributed by atoms with Crippen molar-refractivity contribution >= 4 is 34.6 Å². The Balaban J connectivity index is 2.42. The fourth-order valence-corrected chi connectivity index (χ4v) is 2.65. The van der Waals surface area contributed by atoms with Crippen LogP contribution in [0.15, 0.2) is 29.3 Å². The third kappa shape index (κ3) is 4.09. The Kier molecular flexibility index (Phi) is 4.73. The lowest BCUT2D eigenvalue weighted by Gasteiger charge is -2.13. The standard InChI is InChI=1S/C13H11F3N4O2S/c1-6(9(21)19-12(17)22)23-10-7-4-2-3-5-8(7)18-11(20-10)13(14,15)16/h2-6H,1H3,(H3,17,19,21,22). The maximum Gasteiger partial charge on any atom is 0.451 e. The number of para-hydroxylation sites is 1. The largest absolute Gasteiger partial charge is 0.451 e. The number of thioether (sulfide) groups is 1. The molecule has 0 aliphatic carbocycles. The van der Waals surface area contributed by atoms with E-state index in [1.54, 1.807) is 18.2 Å². The number of aromatic nitrogens is 2. The number of benzene rings is 1. The van der Waals surface area contributed by atoms with Gasteiger partial charge in [0.05, 0.1) is 10.8 Å². The third-order valence-electron chi connectivity index (χ3n) is 2.73. The molecule has 122 valence electrons. The molecule has 0 fully saturated rings. The number of carbonyl (C=O) groups is 2. The molecule has 0 bridgehead atoms. The number of alkyl halides is 3. The summed E-state index contributed by atoms with van der Waals surface area (Å²) < 4.78 is 38.7. The topological polar surface area (TPSA) is 98.0 Å². The molecule has 2 aromatic rings. The van der Waals surface area contributed by atoms with Crippen molar-refractivity contribution < 1.29 is 22.8 Å². The van der Waals surface area contributed by atoms with Gasteiger partial charge in [-0.05, 0) is 13.0 Å². The Hall–Kier alpha value is -2.36. The molecule has 0 spiro atoms. The molecule has 0 aliphatic heterocycles. The van der Waals surface area contributed by atoms with E-state index in [2.05, 4.69) is 9.97 Å². The average molecular weight is 344 g/mol. The number of carbonyl (C=O) groups excluding carboxylic acids is 2. The summed E-state index contributed by atoms with van der Waals surface area (Å²) >= 11 is 0.782. The van der Waals surface area contributed by atoms with Gasteiger partial charge in [0.25, 0.3) is 0 Å². The molecule has 1 atom stereocenters. The molecular weight excluding hydrogens is 333 g/mol. The Morgan fingerprint density at radius 3 is 2.52 bits per heavy atom. The molecule has 1 aromatic heterocycles. The number of fused-ring (bicyclic) bond motifs is 1. The number of hydrogen-bond acceptors (Lipinski definition) is 5. The van der Waals surface area contributed by atoms with E-state index in [-0.39, 0.29) is 10.5 Å². The van der Waals surface area contributed by atoms with Crippen LogP contribution in [-0.2, 0) is 11.0 Å². The highest BCUT2D eigenvalue weighted by molar-refractivity contribution is 8.00. The van der Waals surface area contributed by atoms with Crippen LogP contribution in [-0.4, -0.2) is 27.2 Å². The Labute approximate surface area is 132 Å². The molecular formula is C13H11F3N4O2S. The first-order chi connectivity index (χ1) is 10.7. The summed E-state index contributed by atoms with van der Waals surface area (Å²) in [7, 11) is 0. The highest BCUT2D eigenvalue weighted by Gasteiger charge is 2.35. The first-order valence-corrected chi connectivity index (χ1v) is 7.17. The Morgan fingerprint density at radius 2 is 1.91 bits per heavy atom. The number of halogens is 3. The Bertz CT molecular complexity index is 766. The molecule has 1 aromatic carbocycles. The van der Waals surface area contributed by atoms with Gasteiger partial charge in [-0.1, -0.05) is 30.0 Å². The second-order valence-electron chi connectivity index (χ2n) is 4.48. The van der Waals surface area contributed by atoms with Crippen molar-refractivity contribution in [1.82, 2.24) is 15.3 Å². The molecule has 3 N–H and O–H groups in total. The summed E-state index contributed by atoms with van der Waals surface area (Å²) in [6, 6.07) is 5.11. The maximum atomic E-state index is 12.9. The summed E-state index contributed by atoms with van der Waals surface area (Å²) in [6.07, 6.45) is -4.71. The quantitative estimate of drug-likeness (QED) is 0.658. The first kappa shape index (κ1) is 17.0. The van der Waals surface area contributed by atoms with Crippen LogP contribution in [0.2, 0.25) is 0 Å². The number of imide groups is 1. The number of nitrogens with one attached hydrogen (secondary N) is 1. The van der Waals surface area contributed by atoms with Gasteiger partial charge in [0.1, 0.15) is 5.03 Å². The van der Waals surface area contributed by atoms with Gasteiger partial charge in [-0.3, -0.25) is 10.1 Å². The number of urea groups is 1. The number of nitrogens with zero attached hydrogens (tertiary/aromatic N) is 2. The molecule has 10 heteroatoms. The highest BCUT2D eigenvalue weighted by atomic mass is 32.2. The van der Waals surface area contributed by atoms with Gasteiger partial charge in [-0.15, -0.1) is 0 Å². The number of nitrogens with two attached hydrogens (primary N) is 1. The van der Waals surface area contributed by atoms with Crippen LogP contribution < -0.4 is 11.1 Å². The predicted molar refractivity (Wildman–Crippen MR) is 77.6 cm³/mol. The van der Waals surface area contributed by atoms with Crippen LogP contribution >= 0.6 is 11.8 Å². The van der Waals surface area contributed by atoms with Crippen LogP contribution in [0, 0.1) is 0 Å². The lowest BCUT2D eigenvalue weighted by atomic mass is 10.2. The summed E-state index contributed by atoms with van der Waals surface area (Å²) in [5.41, 5.74) is 4.95. The van der Waals surface area contributed by atoms with Crippen molar-refractivity contribution in [3.05, 3.63) is 30.1 Å². The minimum Gasteiger partial charge on any atom is -0.351 e. The average Bonchev–Trinajstić information content (AvgIpc) is 2.45. The molecule has 0 saturated carbocycles. The van der Waals surface area contributed by atoms with Crippen LogP contribution in [0.5, 0.6) is 0 Å². The summed E-state index contributed by atoms with van der Waals surface area (Å²) in [4.78, 5) is 29.3. The summed E-state index contributed by atoms with van der Waals surface area (Å²) in [5.74, 6) is -2.01. The van der Waals surface area contributed by atoms with Gasteiger partial charge in [0.15, 0.2) is 0 Å². The van der Waals surface area contributed by atoms with Crippen molar-refractivity contribution in [3.63, 3.8) is 0 Å². The number of amides is 3. The number of rotatable bonds is 3. The van der Waals surface area contributed by atoms with Crippen molar-refractivity contribution in [2.24, 2.45) is 5.73 Å². The summed E-state index contributed by atoms with van der Waals surface area (Å²) in [6.45, 7) is 1.42. The molecule has 0 radical (unpaired) electrons. The number of primary amides is 1. The van der Waals surface area contributed by atoms with E-state index in [0.29, 0.717) is 5.39 Å². The van der Waals surface area contributed by atoms with E-state index in [1.807, 2.05) is 5.32 Å². The maximum absolute atomic E-state index is 12.9. The van der Waals surface area contributed by atoms with Crippen molar-refractivity contribution in [2.75, 3.05) is 0 Å². The fourth-order valence-electron chi connectivity index (χ4n) is 1.71. The van der Waals surface area contributed by atoms with E-state index in [1.165, 1.54) is 13.0 Å². The zero-order valence-corrected chi connectivity index (χ0v) is 12.5. The van der Waals surface area contributed by atoms with Gasteiger partial charge in [0.2, 0.25) is 11.7 Å². The predicted octanol–water partition coefficient (Wildman–Crippen LogP) is 2.32. The molecule has 0 saturated heterocycles. The van der Waals surface area contributed by atoms with Gasteiger partial charge >= 0.3 is 12.2 Å². The molecule has 6 nitrogen and oxygen atoms in total. The lowest BCUT2D eigenvalue weighted by Crippen LogP contribution is -2.39. The van der Waals surface area contributed by atoms with Gasteiger partial charge in [0, 0.05) is 5.39 Å². The summed E-state index contributed by atoms with van der Waals surface area (Å²) in [5, 5.41) is 1.37. The van der Waals surface area contributed by atoms with Crippen molar-refractivity contribution in [1.29, 1.82) is 0 Å². The molecule has 1 unspecified atom stereocenters. The third-order valence-corrected chi connectivity index (χ3v) is 3.83. The van der Waals surface area contributed by atoms with Crippen LogP contribution in [0.25, 0.3) is 10.9 Å². The zero-order chi connectivity index (χ0) is 17.2. The fraction of sp³-hybridized carbons (Fsp3) is 0.231. The van der Waals surface area contributed by atoms with E-state index >= 15 is 0 Å². The van der Waals surface area contributed by atoms with Crippen LogP contribution in [0.4, 0.5) is 18.0 Å². The minimum atomic E-state index is -4.71. The second kappa shape index (κ2) is 6.41. The smallest absolute Gasteiger partial charge is 0.351 e. The van der Waals surface area contributed by atoms with Gasteiger partial charge < -0.3 is 5.73 Å². The SMILES string of the molecule is CC(Sc1nc(C(F)(F)F)nc2ccccc12)C(=O)NC(N)=O. The van der Waals surface area contributed by atoms with Crippen LogP contribution in [0.1, 0.15) is 12.7 Å². The molecule has 0 aliphatic rings. The first-order valence-electron chi connectivity index (χ1n) is 6.29. The number of hydrogen-bond donors (Lipinski definition) is 2. The Morgan fingerprint density at radius 1 is 1.26 bits per heavy atom. The van der Waals surface area contributed by atoms with Gasteiger partial charge in [-0.2, -0.15) is 13.2 Å². The van der Waals surface area contributed by atoms with Crippen molar-refractivity contribution in [3.8, 4) is 0 Å². The second-order valence-corrected chi connectivity index (χ2v) is 5.81. The highest BCUT2D eigenvalue weighted by Crippen LogP contribution is 2.33. The monoisotopic (exact) mass is 344 g/mol. The molecule has 23 heavy (non-hydrogen) atoms. The minimum absolute atomic E-state index is 0.00459. The van der Waals surface area contributed by atoms with Crippen LogP contribution in [0.3, 0.4) is 0 Å². The molecule has 1 heterocycles. The lowest BCUT2D eigenvalue weighted by molar-refractivity contribution is -0.145. The van der Waals surface area contributed by atoms with Gasteiger partial charge in [-0.25, -0.2) is 14.8 Å².